The number of rotatable bonds is 8. The van der Waals surface area contributed by atoms with Crippen LogP contribution in [0.25, 0.3) is 0 Å². The first kappa shape index (κ1) is 18.3. The Bertz CT molecular complexity index is 704. The molecular weight excluding hydrogens is 320 g/mol. The molecule has 0 aromatic heterocycles. The monoisotopic (exact) mass is 342 g/mol. The van der Waals surface area contributed by atoms with Gasteiger partial charge in [-0.05, 0) is 30.5 Å². The summed E-state index contributed by atoms with van der Waals surface area (Å²) in [5.74, 6) is -0.326. The standard InChI is InChI=1S/C19H22N2O4/c1-25-17-10-6-5-9-16(17)21-19(24)20-15(11-12-18(22)23)13-14-7-3-2-4-8-14/h2-10,15H,11-13H2,1H3,(H,22,23)(H2,20,21,24). The van der Waals surface area contributed by atoms with E-state index >= 15 is 0 Å². The lowest BCUT2D eigenvalue weighted by atomic mass is 10.0. The maximum absolute atomic E-state index is 12.3. The van der Waals surface area contributed by atoms with Gasteiger partial charge < -0.3 is 20.5 Å². The minimum Gasteiger partial charge on any atom is -0.495 e. The molecule has 0 fully saturated rings. The highest BCUT2D eigenvalue weighted by molar-refractivity contribution is 5.91. The fraction of sp³-hybridized carbons (Fsp3) is 0.263. The van der Waals surface area contributed by atoms with Gasteiger partial charge in [0.25, 0.3) is 0 Å². The van der Waals surface area contributed by atoms with Crippen molar-refractivity contribution >= 4 is 17.7 Å². The lowest BCUT2D eigenvalue weighted by molar-refractivity contribution is -0.137. The van der Waals surface area contributed by atoms with E-state index in [0.717, 1.165) is 5.56 Å². The Morgan fingerprint density at radius 3 is 2.44 bits per heavy atom. The molecule has 25 heavy (non-hydrogen) atoms. The number of para-hydroxylation sites is 2. The number of nitrogens with one attached hydrogen (secondary N) is 2. The van der Waals surface area contributed by atoms with Crippen molar-refractivity contribution in [2.45, 2.75) is 25.3 Å². The molecule has 1 atom stereocenters. The fourth-order valence-electron chi connectivity index (χ4n) is 2.51. The fourth-order valence-corrected chi connectivity index (χ4v) is 2.51. The number of aliphatic carboxylic acids is 1. The van der Waals surface area contributed by atoms with Crippen LogP contribution in [0, 0.1) is 0 Å². The van der Waals surface area contributed by atoms with Crippen LogP contribution in [0.4, 0.5) is 10.5 Å². The van der Waals surface area contributed by atoms with E-state index < -0.39 is 12.0 Å². The van der Waals surface area contributed by atoms with Gasteiger partial charge in [-0.1, -0.05) is 42.5 Å². The average molecular weight is 342 g/mol. The molecule has 0 bridgehead atoms. The number of hydrogen-bond acceptors (Lipinski definition) is 3. The zero-order valence-corrected chi connectivity index (χ0v) is 14.1. The van der Waals surface area contributed by atoms with Gasteiger partial charge in [0.05, 0.1) is 12.8 Å². The molecule has 2 rings (SSSR count). The average Bonchev–Trinajstić information content (AvgIpc) is 2.61. The summed E-state index contributed by atoms with van der Waals surface area (Å²) >= 11 is 0. The zero-order valence-electron chi connectivity index (χ0n) is 14.1. The molecule has 0 saturated heterocycles. The van der Waals surface area contributed by atoms with Crippen LogP contribution in [-0.2, 0) is 11.2 Å². The van der Waals surface area contributed by atoms with Crippen molar-refractivity contribution < 1.29 is 19.4 Å². The van der Waals surface area contributed by atoms with Gasteiger partial charge in [-0.25, -0.2) is 4.79 Å². The third-order valence-electron chi connectivity index (χ3n) is 3.72. The molecule has 0 heterocycles. The second-order valence-corrected chi connectivity index (χ2v) is 5.62. The van der Waals surface area contributed by atoms with Gasteiger partial charge >= 0.3 is 12.0 Å². The van der Waals surface area contributed by atoms with Crippen molar-refractivity contribution in [1.29, 1.82) is 0 Å². The van der Waals surface area contributed by atoms with Gasteiger partial charge in [-0.2, -0.15) is 0 Å². The van der Waals surface area contributed by atoms with Gasteiger partial charge in [0.1, 0.15) is 5.75 Å². The van der Waals surface area contributed by atoms with Gasteiger partial charge in [-0.3, -0.25) is 4.79 Å². The summed E-state index contributed by atoms with van der Waals surface area (Å²) in [6.07, 6.45) is 0.906. The Kier molecular flexibility index (Phi) is 6.83. The first-order valence-corrected chi connectivity index (χ1v) is 8.04. The smallest absolute Gasteiger partial charge is 0.319 e. The number of carboxylic acid groups (broad SMARTS) is 1. The molecule has 132 valence electrons. The number of carbonyl (C=O) groups is 2. The van der Waals surface area contributed by atoms with Crippen LogP contribution in [0.5, 0.6) is 5.75 Å². The number of carboxylic acids is 1. The van der Waals surface area contributed by atoms with E-state index in [4.69, 9.17) is 9.84 Å². The molecule has 2 aromatic rings. The minimum atomic E-state index is -0.884. The number of amides is 2. The van der Waals surface area contributed by atoms with Crippen LogP contribution >= 0.6 is 0 Å². The molecule has 0 saturated carbocycles. The quantitative estimate of drug-likeness (QED) is 0.687. The van der Waals surface area contributed by atoms with E-state index in [1.807, 2.05) is 36.4 Å². The largest absolute Gasteiger partial charge is 0.495 e. The summed E-state index contributed by atoms with van der Waals surface area (Å²) in [5, 5.41) is 14.5. The molecule has 0 radical (unpaired) electrons. The van der Waals surface area contributed by atoms with Crippen LogP contribution in [0.15, 0.2) is 54.6 Å². The van der Waals surface area contributed by atoms with Gasteiger partial charge in [0, 0.05) is 12.5 Å². The number of methoxy groups -OCH3 is 1. The summed E-state index contributed by atoms with van der Waals surface area (Å²) in [5.41, 5.74) is 1.59. The predicted molar refractivity (Wildman–Crippen MR) is 96.0 cm³/mol. The van der Waals surface area contributed by atoms with Crippen LogP contribution in [0.1, 0.15) is 18.4 Å². The number of anilines is 1. The van der Waals surface area contributed by atoms with Gasteiger partial charge in [-0.15, -0.1) is 0 Å². The third-order valence-corrected chi connectivity index (χ3v) is 3.72. The highest BCUT2D eigenvalue weighted by Crippen LogP contribution is 2.22. The number of benzene rings is 2. The van der Waals surface area contributed by atoms with E-state index in [0.29, 0.717) is 24.3 Å². The summed E-state index contributed by atoms with van der Waals surface area (Å²) in [6.45, 7) is 0. The highest BCUT2D eigenvalue weighted by Gasteiger charge is 2.15. The zero-order chi connectivity index (χ0) is 18.1. The van der Waals surface area contributed by atoms with E-state index in [9.17, 15) is 9.59 Å². The summed E-state index contributed by atoms with van der Waals surface area (Å²) in [7, 11) is 1.53. The molecular formula is C19H22N2O4. The van der Waals surface area contributed by atoms with Gasteiger partial charge in [0.2, 0.25) is 0 Å². The maximum atomic E-state index is 12.3. The number of urea groups is 1. The van der Waals surface area contributed by atoms with E-state index in [1.54, 1.807) is 18.2 Å². The second-order valence-electron chi connectivity index (χ2n) is 5.62. The van der Waals surface area contributed by atoms with Crippen molar-refractivity contribution in [3.8, 4) is 5.75 Å². The third kappa shape index (κ3) is 6.18. The topological polar surface area (TPSA) is 87.7 Å². The molecule has 0 aliphatic carbocycles. The van der Waals surface area contributed by atoms with Crippen molar-refractivity contribution in [1.82, 2.24) is 5.32 Å². The molecule has 3 N–H and O–H groups in total. The summed E-state index contributed by atoms with van der Waals surface area (Å²) in [4.78, 5) is 23.2. The van der Waals surface area contributed by atoms with Crippen LogP contribution in [0.3, 0.4) is 0 Å². The normalized spacial score (nSPS) is 11.4. The van der Waals surface area contributed by atoms with Crippen LogP contribution in [0.2, 0.25) is 0 Å². The predicted octanol–water partition coefficient (Wildman–Crippen LogP) is 3.29. The second kappa shape index (κ2) is 9.32. The minimum absolute atomic E-state index is 0.00750. The molecule has 1 unspecified atom stereocenters. The molecule has 0 spiro atoms. The molecule has 0 aliphatic heterocycles. The van der Waals surface area contributed by atoms with E-state index in [1.165, 1.54) is 7.11 Å². The van der Waals surface area contributed by atoms with Gasteiger partial charge in [0.15, 0.2) is 0 Å². The Morgan fingerprint density at radius 1 is 1.08 bits per heavy atom. The van der Waals surface area contributed by atoms with E-state index in [2.05, 4.69) is 10.6 Å². The first-order chi connectivity index (χ1) is 12.1. The Hall–Kier alpha value is -3.02. The Labute approximate surface area is 146 Å². The number of ether oxygens (including phenoxy) is 1. The molecule has 2 amide bonds. The van der Waals surface area contributed by atoms with Crippen molar-refractivity contribution in [3.05, 3.63) is 60.2 Å². The SMILES string of the molecule is COc1ccccc1NC(=O)NC(CCC(=O)O)Cc1ccccc1. The summed E-state index contributed by atoms with van der Waals surface area (Å²) < 4.78 is 5.21. The lowest BCUT2D eigenvalue weighted by Crippen LogP contribution is -2.39. The van der Waals surface area contributed by atoms with Crippen molar-refractivity contribution in [2.24, 2.45) is 0 Å². The molecule has 2 aromatic carbocycles. The first-order valence-electron chi connectivity index (χ1n) is 8.04. The van der Waals surface area contributed by atoms with Crippen LogP contribution < -0.4 is 15.4 Å². The Balaban J connectivity index is 2.01. The molecule has 6 heteroatoms. The maximum Gasteiger partial charge on any atom is 0.319 e. The molecule has 0 aliphatic rings. The summed E-state index contributed by atoms with van der Waals surface area (Å²) in [6, 6.07) is 16.1. The highest BCUT2D eigenvalue weighted by atomic mass is 16.5. The lowest BCUT2D eigenvalue weighted by Gasteiger charge is -2.19. The van der Waals surface area contributed by atoms with Crippen LogP contribution in [-0.4, -0.2) is 30.3 Å². The number of hydrogen-bond donors (Lipinski definition) is 3. The molecule has 6 nitrogen and oxygen atoms in total. The van der Waals surface area contributed by atoms with Crippen molar-refractivity contribution in [2.75, 3.05) is 12.4 Å². The van der Waals surface area contributed by atoms with E-state index in [-0.39, 0.29) is 12.5 Å². The Morgan fingerprint density at radius 2 is 1.76 bits per heavy atom. The van der Waals surface area contributed by atoms with Crippen molar-refractivity contribution in [3.63, 3.8) is 0 Å². The number of carbonyl (C=O) groups excluding carboxylic acids is 1.